The van der Waals surface area contributed by atoms with E-state index in [1.165, 1.54) is 64.2 Å². The lowest BCUT2D eigenvalue weighted by Crippen LogP contribution is -2.38. The van der Waals surface area contributed by atoms with E-state index in [4.69, 9.17) is 5.73 Å². The Hall–Kier alpha value is -0.0400. The first-order valence-electron chi connectivity index (χ1n) is 6.63. The maximum Gasteiger partial charge on any atom is 0.00698 e. The van der Waals surface area contributed by atoms with Gasteiger partial charge in [0.25, 0.3) is 0 Å². The van der Waals surface area contributed by atoms with Crippen molar-refractivity contribution in [2.75, 3.05) is 0 Å². The number of nitrogens with two attached hydrogens (primary N) is 1. The lowest BCUT2D eigenvalue weighted by Gasteiger charge is -2.36. The molecule has 3 atom stereocenters. The van der Waals surface area contributed by atoms with Crippen molar-refractivity contribution in [3.05, 3.63) is 0 Å². The molecule has 14 heavy (non-hydrogen) atoms. The van der Waals surface area contributed by atoms with Gasteiger partial charge in [0.1, 0.15) is 0 Å². The fourth-order valence-corrected chi connectivity index (χ4v) is 3.52. The normalized spacial score (nSPS) is 40.5. The summed E-state index contributed by atoms with van der Waals surface area (Å²) < 4.78 is 0. The van der Waals surface area contributed by atoms with Crippen LogP contribution in [0.2, 0.25) is 0 Å². The van der Waals surface area contributed by atoms with Gasteiger partial charge < -0.3 is 5.73 Å². The predicted molar refractivity (Wildman–Crippen MR) is 61.1 cm³/mol. The Kier molecular flexibility index (Phi) is 3.86. The lowest BCUT2D eigenvalue weighted by atomic mass is 9.72. The van der Waals surface area contributed by atoms with Gasteiger partial charge in [0.15, 0.2) is 0 Å². The average molecular weight is 195 g/mol. The van der Waals surface area contributed by atoms with Crippen LogP contribution < -0.4 is 5.73 Å². The van der Waals surface area contributed by atoms with Crippen molar-refractivity contribution in [2.45, 2.75) is 70.3 Å². The summed E-state index contributed by atoms with van der Waals surface area (Å²) >= 11 is 0. The molecule has 1 nitrogen and oxygen atoms in total. The fourth-order valence-electron chi connectivity index (χ4n) is 3.52. The summed E-state index contributed by atoms with van der Waals surface area (Å²) in [5, 5.41) is 0. The van der Waals surface area contributed by atoms with E-state index < -0.39 is 0 Å². The lowest BCUT2D eigenvalue weighted by molar-refractivity contribution is 0.180. The first kappa shape index (κ1) is 10.5. The van der Waals surface area contributed by atoms with Crippen molar-refractivity contribution < 1.29 is 0 Å². The van der Waals surface area contributed by atoms with Gasteiger partial charge in [-0.1, -0.05) is 51.4 Å². The van der Waals surface area contributed by atoms with Crippen LogP contribution in [-0.2, 0) is 0 Å². The second-order valence-corrected chi connectivity index (χ2v) is 5.36. The molecule has 2 rings (SSSR count). The molecular formula is C13H25N. The smallest absolute Gasteiger partial charge is 0.00698 e. The summed E-state index contributed by atoms with van der Waals surface area (Å²) in [6.07, 6.45) is 14.3. The Morgan fingerprint density at radius 3 is 2.14 bits per heavy atom. The highest BCUT2D eigenvalue weighted by Crippen LogP contribution is 2.37. The van der Waals surface area contributed by atoms with E-state index in [-0.39, 0.29) is 0 Å². The van der Waals surface area contributed by atoms with Crippen LogP contribution >= 0.6 is 0 Å². The SMILES string of the molecule is N[C@@H]1CCCC2CCCCCCCC21. The molecule has 2 unspecified atom stereocenters. The third-order valence-corrected chi connectivity index (χ3v) is 4.38. The second kappa shape index (κ2) is 5.16. The molecule has 0 spiro atoms. The predicted octanol–water partition coefficient (Wildman–Crippen LogP) is 3.47. The van der Waals surface area contributed by atoms with E-state index in [1.807, 2.05) is 0 Å². The maximum absolute atomic E-state index is 6.26. The van der Waals surface area contributed by atoms with Crippen LogP contribution in [0.15, 0.2) is 0 Å². The zero-order valence-electron chi connectivity index (χ0n) is 9.38. The van der Waals surface area contributed by atoms with E-state index in [9.17, 15) is 0 Å². The molecule has 0 heterocycles. The largest absolute Gasteiger partial charge is 0.327 e. The number of hydrogen-bond acceptors (Lipinski definition) is 1. The van der Waals surface area contributed by atoms with Gasteiger partial charge in [-0.05, 0) is 24.7 Å². The standard InChI is InChI=1S/C13H25N/c14-13-10-6-8-11-7-4-2-1-3-5-9-12(11)13/h11-13H,1-10,14H2/t11?,12?,13-/m1/s1. The van der Waals surface area contributed by atoms with Gasteiger partial charge in [0.05, 0.1) is 0 Å². The Balaban J connectivity index is 1.95. The number of hydrogen-bond donors (Lipinski definition) is 1. The van der Waals surface area contributed by atoms with E-state index in [2.05, 4.69) is 0 Å². The van der Waals surface area contributed by atoms with Gasteiger partial charge in [0.2, 0.25) is 0 Å². The molecule has 0 saturated heterocycles. The molecule has 0 radical (unpaired) electrons. The first-order chi connectivity index (χ1) is 6.88. The third kappa shape index (κ3) is 2.50. The van der Waals surface area contributed by atoms with E-state index in [0.717, 1.165) is 11.8 Å². The van der Waals surface area contributed by atoms with Crippen LogP contribution in [0.25, 0.3) is 0 Å². The highest BCUT2D eigenvalue weighted by molar-refractivity contribution is 4.85. The summed E-state index contributed by atoms with van der Waals surface area (Å²) in [5.74, 6) is 1.86. The van der Waals surface area contributed by atoms with E-state index in [0.29, 0.717) is 6.04 Å². The van der Waals surface area contributed by atoms with Gasteiger partial charge >= 0.3 is 0 Å². The summed E-state index contributed by atoms with van der Waals surface area (Å²) in [7, 11) is 0. The second-order valence-electron chi connectivity index (χ2n) is 5.36. The topological polar surface area (TPSA) is 26.0 Å². The molecule has 2 N–H and O–H groups in total. The van der Waals surface area contributed by atoms with Crippen molar-refractivity contribution in [2.24, 2.45) is 17.6 Å². The molecule has 0 bridgehead atoms. The summed E-state index contributed by atoms with van der Waals surface area (Å²) in [5.41, 5.74) is 6.26. The van der Waals surface area contributed by atoms with Crippen LogP contribution in [0.1, 0.15) is 64.2 Å². The highest BCUT2D eigenvalue weighted by atomic mass is 14.7. The van der Waals surface area contributed by atoms with Gasteiger partial charge in [-0.15, -0.1) is 0 Å². The van der Waals surface area contributed by atoms with Crippen LogP contribution in [0, 0.1) is 11.8 Å². The van der Waals surface area contributed by atoms with Gasteiger partial charge in [-0.2, -0.15) is 0 Å². The molecule has 2 aliphatic rings. The molecule has 82 valence electrons. The molecule has 0 aromatic carbocycles. The van der Waals surface area contributed by atoms with Crippen molar-refractivity contribution in [3.63, 3.8) is 0 Å². The molecule has 2 aliphatic carbocycles. The molecule has 2 fully saturated rings. The average Bonchev–Trinajstić information content (AvgIpc) is 2.30. The zero-order valence-corrected chi connectivity index (χ0v) is 9.38. The minimum absolute atomic E-state index is 0.534. The molecule has 0 amide bonds. The highest BCUT2D eigenvalue weighted by Gasteiger charge is 2.30. The summed E-state index contributed by atoms with van der Waals surface area (Å²) in [4.78, 5) is 0. The monoisotopic (exact) mass is 195 g/mol. The quantitative estimate of drug-likeness (QED) is 0.629. The van der Waals surface area contributed by atoms with Crippen molar-refractivity contribution in [1.29, 1.82) is 0 Å². The van der Waals surface area contributed by atoms with E-state index >= 15 is 0 Å². The molecule has 0 aromatic heterocycles. The van der Waals surface area contributed by atoms with Crippen LogP contribution in [0.5, 0.6) is 0 Å². The summed E-state index contributed by atoms with van der Waals surface area (Å²) in [6.45, 7) is 0. The van der Waals surface area contributed by atoms with Crippen LogP contribution in [0.3, 0.4) is 0 Å². The Bertz CT molecular complexity index is 167. The Morgan fingerprint density at radius 2 is 1.29 bits per heavy atom. The third-order valence-electron chi connectivity index (χ3n) is 4.38. The molecule has 0 aliphatic heterocycles. The van der Waals surface area contributed by atoms with Crippen molar-refractivity contribution >= 4 is 0 Å². The minimum Gasteiger partial charge on any atom is -0.327 e. The van der Waals surface area contributed by atoms with Crippen molar-refractivity contribution in [3.8, 4) is 0 Å². The molecule has 0 aromatic rings. The maximum atomic E-state index is 6.26. The molecule has 1 heteroatoms. The fraction of sp³-hybridized carbons (Fsp3) is 1.00. The zero-order chi connectivity index (χ0) is 9.80. The molecule has 2 saturated carbocycles. The first-order valence-corrected chi connectivity index (χ1v) is 6.63. The summed E-state index contributed by atoms with van der Waals surface area (Å²) in [6, 6.07) is 0.534. The molecular weight excluding hydrogens is 170 g/mol. The van der Waals surface area contributed by atoms with Gasteiger partial charge in [0, 0.05) is 6.04 Å². The van der Waals surface area contributed by atoms with Crippen molar-refractivity contribution in [1.82, 2.24) is 0 Å². The van der Waals surface area contributed by atoms with Gasteiger partial charge in [-0.25, -0.2) is 0 Å². The van der Waals surface area contributed by atoms with E-state index in [1.54, 1.807) is 0 Å². The van der Waals surface area contributed by atoms with Gasteiger partial charge in [-0.3, -0.25) is 0 Å². The van der Waals surface area contributed by atoms with Crippen LogP contribution in [0.4, 0.5) is 0 Å². The number of fused-ring (bicyclic) bond motifs is 1. The van der Waals surface area contributed by atoms with Crippen LogP contribution in [-0.4, -0.2) is 6.04 Å². The minimum atomic E-state index is 0.534. The Morgan fingerprint density at radius 1 is 0.643 bits per heavy atom. The Labute approximate surface area is 88.4 Å². The number of rotatable bonds is 0.